The van der Waals surface area contributed by atoms with Gasteiger partial charge in [-0.1, -0.05) is 30.3 Å². The van der Waals surface area contributed by atoms with Crippen molar-refractivity contribution < 1.29 is 34.2 Å². The van der Waals surface area contributed by atoms with E-state index in [0.29, 0.717) is 0 Å². The number of nitrogens with one attached hydrogen (secondary N) is 1. The van der Waals surface area contributed by atoms with E-state index in [0.717, 1.165) is 5.56 Å². The number of hydrogen-bond donors (Lipinski definition) is 2. The molecule has 16 heavy (non-hydrogen) atoms. The summed E-state index contributed by atoms with van der Waals surface area (Å²) in [5, 5.41) is 11.1. The maximum atomic E-state index is 10.8. The van der Waals surface area contributed by atoms with Crippen molar-refractivity contribution in [3.63, 3.8) is 0 Å². The molecule has 5 heteroatoms. The first-order valence-corrected chi connectivity index (χ1v) is 4.37. The number of carboxylic acids is 1. The van der Waals surface area contributed by atoms with Crippen LogP contribution in [0, 0.1) is 0 Å². The van der Waals surface area contributed by atoms with Crippen molar-refractivity contribution in [2.45, 2.75) is 6.92 Å². The van der Waals surface area contributed by atoms with Crippen molar-refractivity contribution >= 4 is 18.0 Å². The van der Waals surface area contributed by atoms with Gasteiger partial charge < -0.3 is 10.4 Å². The van der Waals surface area contributed by atoms with Crippen LogP contribution in [0.25, 0.3) is 6.08 Å². The van der Waals surface area contributed by atoms with E-state index in [1.807, 2.05) is 6.07 Å². The van der Waals surface area contributed by atoms with Gasteiger partial charge in [0.25, 0.3) is 0 Å². The molecule has 0 aliphatic heterocycles. The minimum Gasteiger partial charge on any atom is -0.477 e. The van der Waals surface area contributed by atoms with Crippen LogP contribution in [0.5, 0.6) is 0 Å². The van der Waals surface area contributed by atoms with E-state index < -0.39 is 11.9 Å². The smallest absolute Gasteiger partial charge is 0.352 e. The van der Waals surface area contributed by atoms with E-state index in [1.165, 1.54) is 13.0 Å². The summed E-state index contributed by atoms with van der Waals surface area (Å²) < 4.78 is 0. The third-order valence-corrected chi connectivity index (χ3v) is 1.65. The molecule has 1 amide bonds. The van der Waals surface area contributed by atoms with Gasteiger partial charge in [-0.25, -0.2) is 4.79 Å². The monoisotopic (exact) mass is 269 g/mol. The first kappa shape index (κ1) is 14.5. The standard InChI is InChI=1S/C11H11NO3.Zn/c1-8(13)12-10(11(14)15)7-9-5-3-2-4-6-9;/h2-7H,1H3,(H,12,13)(H,14,15);/b10-7-;. The average molecular weight is 271 g/mol. The van der Waals surface area contributed by atoms with E-state index in [-0.39, 0.29) is 25.2 Å². The van der Waals surface area contributed by atoms with Gasteiger partial charge in [-0.15, -0.1) is 0 Å². The molecule has 80 valence electrons. The minimum absolute atomic E-state index is 0. The maximum Gasteiger partial charge on any atom is 0.352 e. The molecule has 0 aliphatic rings. The Balaban J connectivity index is 0.00000225. The van der Waals surface area contributed by atoms with Crippen molar-refractivity contribution in [1.29, 1.82) is 0 Å². The van der Waals surface area contributed by atoms with Crippen LogP contribution in [0.2, 0.25) is 0 Å². The number of amides is 1. The number of aliphatic carboxylic acids is 1. The Morgan fingerprint density at radius 2 is 1.81 bits per heavy atom. The maximum absolute atomic E-state index is 10.8. The molecule has 0 radical (unpaired) electrons. The quantitative estimate of drug-likeness (QED) is 0.642. The first-order valence-electron chi connectivity index (χ1n) is 4.37. The van der Waals surface area contributed by atoms with Gasteiger partial charge in [-0.05, 0) is 11.6 Å². The molecular weight excluding hydrogens is 260 g/mol. The van der Waals surface area contributed by atoms with E-state index in [4.69, 9.17) is 5.11 Å². The van der Waals surface area contributed by atoms with Gasteiger partial charge >= 0.3 is 5.97 Å². The molecule has 1 aromatic rings. The van der Waals surface area contributed by atoms with Crippen LogP contribution in [-0.2, 0) is 29.1 Å². The number of hydrogen-bond acceptors (Lipinski definition) is 2. The van der Waals surface area contributed by atoms with Crippen LogP contribution in [0.15, 0.2) is 36.0 Å². The molecule has 0 atom stereocenters. The summed E-state index contributed by atoms with van der Waals surface area (Å²) in [6, 6.07) is 8.92. The molecule has 0 aromatic heterocycles. The van der Waals surface area contributed by atoms with Gasteiger partial charge in [0.15, 0.2) is 0 Å². The Hall–Kier alpha value is -1.48. The summed E-state index contributed by atoms with van der Waals surface area (Å²) in [6.07, 6.45) is 1.41. The van der Waals surface area contributed by atoms with E-state index in [9.17, 15) is 9.59 Å². The molecule has 0 saturated heterocycles. The van der Waals surface area contributed by atoms with E-state index in [2.05, 4.69) is 5.32 Å². The number of carbonyl (C=O) groups excluding carboxylic acids is 1. The topological polar surface area (TPSA) is 66.4 Å². The van der Waals surface area contributed by atoms with E-state index in [1.54, 1.807) is 24.3 Å². The fourth-order valence-electron chi connectivity index (χ4n) is 1.06. The second kappa shape index (κ2) is 6.91. The van der Waals surface area contributed by atoms with Crippen molar-refractivity contribution in [2.24, 2.45) is 0 Å². The van der Waals surface area contributed by atoms with Crippen LogP contribution in [0.3, 0.4) is 0 Å². The van der Waals surface area contributed by atoms with Crippen LogP contribution in [0.1, 0.15) is 12.5 Å². The van der Waals surface area contributed by atoms with Gasteiger partial charge in [0, 0.05) is 26.4 Å². The van der Waals surface area contributed by atoms with Crippen LogP contribution in [-0.4, -0.2) is 17.0 Å². The summed E-state index contributed by atoms with van der Waals surface area (Å²) in [7, 11) is 0. The average Bonchev–Trinajstić information content (AvgIpc) is 2.17. The summed E-state index contributed by atoms with van der Waals surface area (Å²) in [5.74, 6) is -1.56. The molecule has 0 heterocycles. The molecule has 1 aromatic carbocycles. The Labute approximate surface area is 106 Å². The molecule has 0 aliphatic carbocycles. The normalized spacial score (nSPS) is 10.2. The second-order valence-corrected chi connectivity index (χ2v) is 2.96. The number of carbonyl (C=O) groups is 2. The van der Waals surface area contributed by atoms with Crippen molar-refractivity contribution in [2.75, 3.05) is 0 Å². The molecule has 1 rings (SSSR count). The SMILES string of the molecule is CC(=O)N/C(=C\c1ccccc1)C(=O)O.[Zn]. The third-order valence-electron chi connectivity index (χ3n) is 1.65. The Bertz CT molecular complexity index is 401. The first-order chi connectivity index (χ1) is 7.09. The zero-order valence-electron chi connectivity index (χ0n) is 8.93. The number of carboxylic acid groups (broad SMARTS) is 1. The van der Waals surface area contributed by atoms with Crippen LogP contribution < -0.4 is 5.32 Å². The van der Waals surface area contributed by atoms with Crippen molar-refractivity contribution in [3.05, 3.63) is 41.6 Å². The molecule has 0 unspecified atom stereocenters. The van der Waals surface area contributed by atoms with Gasteiger partial charge in [-0.2, -0.15) is 0 Å². The summed E-state index contributed by atoms with van der Waals surface area (Å²) in [4.78, 5) is 21.5. The zero-order valence-corrected chi connectivity index (χ0v) is 11.9. The summed E-state index contributed by atoms with van der Waals surface area (Å²) in [5.41, 5.74) is 0.595. The van der Waals surface area contributed by atoms with E-state index >= 15 is 0 Å². The van der Waals surface area contributed by atoms with Gasteiger partial charge in [0.2, 0.25) is 5.91 Å². The third kappa shape index (κ3) is 4.85. The molecule has 0 saturated carbocycles. The predicted molar refractivity (Wildman–Crippen MR) is 55.9 cm³/mol. The van der Waals surface area contributed by atoms with Gasteiger partial charge in [0.05, 0.1) is 0 Å². The molecule has 2 N–H and O–H groups in total. The van der Waals surface area contributed by atoms with Gasteiger partial charge in [0.1, 0.15) is 5.70 Å². The Kier molecular flexibility index (Phi) is 6.27. The fourth-order valence-corrected chi connectivity index (χ4v) is 1.06. The Morgan fingerprint density at radius 1 is 1.25 bits per heavy atom. The fraction of sp³-hybridized carbons (Fsp3) is 0.0909. The Morgan fingerprint density at radius 3 is 2.25 bits per heavy atom. The van der Waals surface area contributed by atoms with Crippen LogP contribution in [0.4, 0.5) is 0 Å². The molecule has 0 bridgehead atoms. The second-order valence-electron chi connectivity index (χ2n) is 2.96. The largest absolute Gasteiger partial charge is 0.477 e. The number of rotatable bonds is 3. The zero-order chi connectivity index (χ0) is 11.3. The molecule has 0 spiro atoms. The summed E-state index contributed by atoms with van der Waals surface area (Å²) >= 11 is 0. The molecule has 4 nitrogen and oxygen atoms in total. The number of benzene rings is 1. The molecular formula is C11H11NO3Zn. The van der Waals surface area contributed by atoms with Crippen molar-refractivity contribution in [1.82, 2.24) is 5.32 Å². The van der Waals surface area contributed by atoms with Crippen molar-refractivity contribution in [3.8, 4) is 0 Å². The molecule has 0 fully saturated rings. The summed E-state index contributed by atoms with van der Waals surface area (Å²) in [6.45, 7) is 1.27. The minimum atomic E-state index is -1.16. The predicted octanol–water partition coefficient (Wildman–Crippen LogP) is 1.25. The van der Waals surface area contributed by atoms with Gasteiger partial charge in [-0.3, -0.25) is 4.79 Å². The van der Waals surface area contributed by atoms with Crippen LogP contribution >= 0.6 is 0 Å².